The Labute approximate surface area is 118 Å². The Hall–Kier alpha value is -2.49. The number of carbonyl (C=O) groups is 1. The van der Waals surface area contributed by atoms with Gasteiger partial charge in [0.15, 0.2) is 0 Å². The average molecular weight is 269 g/mol. The van der Waals surface area contributed by atoms with E-state index in [1.165, 1.54) is 5.56 Å². The molecule has 1 amide bonds. The second-order valence-corrected chi connectivity index (χ2v) is 5.07. The van der Waals surface area contributed by atoms with Crippen molar-refractivity contribution in [2.24, 2.45) is 5.73 Å². The molecule has 20 heavy (non-hydrogen) atoms. The molecule has 0 fully saturated rings. The van der Waals surface area contributed by atoms with Crippen LogP contribution in [-0.4, -0.2) is 5.91 Å². The summed E-state index contributed by atoms with van der Waals surface area (Å²) in [6.07, 6.45) is 0. The zero-order chi connectivity index (χ0) is 14.7. The molecule has 4 nitrogen and oxygen atoms in total. The van der Waals surface area contributed by atoms with Crippen LogP contribution in [0.25, 0.3) is 0 Å². The van der Waals surface area contributed by atoms with E-state index in [9.17, 15) is 4.79 Å². The highest BCUT2D eigenvalue weighted by Gasteiger charge is 2.09. The maximum Gasteiger partial charge on any atom is 0.250 e. The van der Waals surface area contributed by atoms with Crippen LogP contribution in [0.4, 0.5) is 17.1 Å². The molecule has 0 heterocycles. The third-order valence-electron chi connectivity index (χ3n) is 3.14. The van der Waals surface area contributed by atoms with Gasteiger partial charge in [-0.3, -0.25) is 4.79 Å². The average Bonchev–Trinajstić information content (AvgIpc) is 2.38. The van der Waals surface area contributed by atoms with Gasteiger partial charge in [0, 0.05) is 11.4 Å². The number of nitrogens with one attached hydrogen (secondary N) is 1. The maximum absolute atomic E-state index is 11.4. The second kappa shape index (κ2) is 5.65. The Morgan fingerprint density at radius 1 is 1.15 bits per heavy atom. The van der Waals surface area contributed by atoms with E-state index in [4.69, 9.17) is 11.5 Å². The van der Waals surface area contributed by atoms with Crippen LogP contribution in [0, 0.1) is 0 Å². The van der Waals surface area contributed by atoms with E-state index in [0.717, 1.165) is 5.69 Å². The SMILES string of the molecule is CC(C)c1cccc(Nc2cc(N)ccc2C(N)=O)c1. The minimum Gasteiger partial charge on any atom is -0.399 e. The van der Waals surface area contributed by atoms with Gasteiger partial charge in [-0.05, 0) is 41.8 Å². The smallest absolute Gasteiger partial charge is 0.250 e. The van der Waals surface area contributed by atoms with E-state index in [1.54, 1.807) is 18.2 Å². The Morgan fingerprint density at radius 2 is 1.90 bits per heavy atom. The first kappa shape index (κ1) is 13.9. The van der Waals surface area contributed by atoms with E-state index >= 15 is 0 Å². The van der Waals surface area contributed by atoms with E-state index in [-0.39, 0.29) is 0 Å². The van der Waals surface area contributed by atoms with Crippen molar-refractivity contribution in [3.05, 3.63) is 53.6 Å². The Bertz CT molecular complexity index is 635. The summed E-state index contributed by atoms with van der Waals surface area (Å²) in [5.41, 5.74) is 14.9. The molecule has 0 atom stereocenters. The predicted molar refractivity (Wildman–Crippen MR) is 83.2 cm³/mol. The largest absolute Gasteiger partial charge is 0.399 e. The highest BCUT2D eigenvalue weighted by molar-refractivity contribution is 5.99. The molecule has 5 N–H and O–H groups in total. The normalized spacial score (nSPS) is 10.6. The lowest BCUT2D eigenvalue weighted by molar-refractivity contribution is 0.100. The first-order valence-electron chi connectivity index (χ1n) is 6.53. The van der Waals surface area contributed by atoms with Crippen molar-refractivity contribution in [1.29, 1.82) is 0 Å². The van der Waals surface area contributed by atoms with Crippen molar-refractivity contribution in [3.63, 3.8) is 0 Å². The van der Waals surface area contributed by atoms with Crippen LogP contribution in [0.1, 0.15) is 35.7 Å². The van der Waals surface area contributed by atoms with Crippen LogP contribution in [0.2, 0.25) is 0 Å². The molecular formula is C16H19N3O. The highest BCUT2D eigenvalue weighted by Crippen LogP contribution is 2.25. The van der Waals surface area contributed by atoms with Gasteiger partial charge in [0.1, 0.15) is 0 Å². The zero-order valence-corrected chi connectivity index (χ0v) is 11.7. The van der Waals surface area contributed by atoms with Crippen LogP contribution in [0.15, 0.2) is 42.5 Å². The lowest BCUT2D eigenvalue weighted by Crippen LogP contribution is -2.13. The summed E-state index contributed by atoms with van der Waals surface area (Å²) in [4.78, 5) is 11.4. The number of benzene rings is 2. The number of carbonyl (C=O) groups excluding carboxylic acids is 1. The van der Waals surface area contributed by atoms with Crippen molar-refractivity contribution in [1.82, 2.24) is 0 Å². The summed E-state index contributed by atoms with van der Waals surface area (Å²) < 4.78 is 0. The standard InChI is InChI=1S/C16H19N3O/c1-10(2)11-4-3-5-13(8-11)19-15-9-12(17)6-7-14(15)16(18)20/h3-10,19H,17H2,1-2H3,(H2,18,20). The minimum atomic E-state index is -0.479. The third-order valence-corrected chi connectivity index (χ3v) is 3.14. The molecule has 0 aliphatic heterocycles. The number of nitrogen functional groups attached to an aromatic ring is 1. The topological polar surface area (TPSA) is 81.1 Å². The predicted octanol–water partition coefficient (Wildman–Crippen LogP) is 3.23. The molecular weight excluding hydrogens is 250 g/mol. The molecule has 0 aliphatic rings. The fraction of sp³-hybridized carbons (Fsp3) is 0.188. The summed E-state index contributed by atoms with van der Waals surface area (Å²) in [5.74, 6) is -0.0410. The Kier molecular flexibility index (Phi) is 3.94. The van der Waals surface area contributed by atoms with Crippen LogP contribution in [0.3, 0.4) is 0 Å². The minimum absolute atomic E-state index is 0.425. The van der Waals surface area contributed by atoms with Gasteiger partial charge >= 0.3 is 0 Å². The highest BCUT2D eigenvalue weighted by atomic mass is 16.1. The van der Waals surface area contributed by atoms with Gasteiger partial charge in [0.05, 0.1) is 11.3 Å². The summed E-state index contributed by atoms with van der Waals surface area (Å²) in [5, 5.41) is 3.21. The van der Waals surface area contributed by atoms with Gasteiger partial charge in [-0.25, -0.2) is 0 Å². The number of hydrogen-bond acceptors (Lipinski definition) is 3. The van der Waals surface area contributed by atoms with Gasteiger partial charge in [0.2, 0.25) is 0 Å². The lowest BCUT2D eigenvalue weighted by Gasteiger charge is -2.13. The summed E-state index contributed by atoms with van der Waals surface area (Å²) in [6, 6.07) is 13.1. The van der Waals surface area contributed by atoms with Crippen LogP contribution in [0.5, 0.6) is 0 Å². The van der Waals surface area contributed by atoms with Gasteiger partial charge in [-0.2, -0.15) is 0 Å². The fourth-order valence-electron chi connectivity index (χ4n) is 2.01. The lowest BCUT2D eigenvalue weighted by atomic mass is 10.0. The maximum atomic E-state index is 11.4. The van der Waals surface area contributed by atoms with Gasteiger partial charge in [-0.1, -0.05) is 26.0 Å². The number of nitrogens with two attached hydrogens (primary N) is 2. The molecule has 104 valence electrons. The molecule has 2 rings (SSSR count). The first-order valence-corrected chi connectivity index (χ1v) is 6.53. The van der Waals surface area contributed by atoms with Crippen molar-refractivity contribution in [3.8, 4) is 0 Å². The van der Waals surface area contributed by atoms with Crippen LogP contribution in [-0.2, 0) is 0 Å². The Balaban J connectivity index is 2.36. The number of hydrogen-bond donors (Lipinski definition) is 3. The molecule has 0 aromatic heterocycles. The number of rotatable bonds is 4. The van der Waals surface area contributed by atoms with Crippen molar-refractivity contribution in [2.75, 3.05) is 11.1 Å². The van der Waals surface area contributed by atoms with Crippen molar-refractivity contribution < 1.29 is 4.79 Å². The molecule has 0 saturated heterocycles. The summed E-state index contributed by atoms with van der Waals surface area (Å²) >= 11 is 0. The zero-order valence-electron chi connectivity index (χ0n) is 11.7. The van der Waals surface area contributed by atoms with Crippen LogP contribution < -0.4 is 16.8 Å². The molecule has 0 unspecified atom stereocenters. The van der Waals surface area contributed by atoms with Crippen LogP contribution >= 0.6 is 0 Å². The Morgan fingerprint density at radius 3 is 2.55 bits per heavy atom. The van der Waals surface area contributed by atoms with Crippen molar-refractivity contribution in [2.45, 2.75) is 19.8 Å². The third kappa shape index (κ3) is 3.09. The second-order valence-electron chi connectivity index (χ2n) is 5.07. The van der Waals surface area contributed by atoms with E-state index < -0.39 is 5.91 Å². The number of primary amides is 1. The first-order chi connectivity index (χ1) is 9.47. The van der Waals surface area contributed by atoms with Crippen molar-refractivity contribution >= 4 is 23.0 Å². The molecule has 2 aromatic rings. The van der Waals surface area contributed by atoms with E-state index in [0.29, 0.717) is 22.9 Å². The molecule has 0 radical (unpaired) electrons. The molecule has 4 heteroatoms. The quantitative estimate of drug-likeness (QED) is 0.745. The summed E-state index contributed by atoms with van der Waals surface area (Å²) in [6.45, 7) is 4.27. The number of amides is 1. The van der Waals surface area contributed by atoms with Gasteiger partial charge in [0.25, 0.3) is 5.91 Å². The molecule has 0 aliphatic carbocycles. The number of anilines is 3. The molecule has 0 spiro atoms. The van der Waals surface area contributed by atoms with Gasteiger partial charge < -0.3 is 16.8 Å². The molecule has 2 aromatic carbocycles. The molecule has 0 bridgehead atoms. The van der Waals surface area contributed by atoms with E-state index in [2.05, 4.69) is 31.3 Å². The monoisotopic (exact) mass is 269 g/mol. The summed E-state index contributed by atoms with van der Waals surface area (Å²) in [7, 11) is 0. The fourth-order valence-corrected chi connectivity index (χ4v) is 2.01. The van der Waals surface area contributed by atoms with E-state index in [1.807, 2.05) is 12.1 Å². The van der Waals surface area contributed by atoms with Gasteiger partial charge in [-0.15, -0.1) is 0 Å². The molecule has 0 saturated carbocycles.